The Kier molecular flexibility index (Phi) is 9.29. The van der Waals surface area contributed by atoms with Crippen LogP contribution in [-0.2, 0) is 29.1 Å². The van der Waals surface area contributed by atoms with Gasteiger partial charge in [0.15, 0.2) is 0 Å². The number of hydrogen-bond donors (Lipinski definition) is 4. The minimum atomic E-state index is -3.85. The summed E-state index contributed by atoms with van der Waals surface area (Å²) in [5.74, 6) is -1.43. The summed E-state index contributed by atoms with van der Waals surface area (Å²) in [7, 11) is -2.30. The number of amides is 4. The zero-order valence-corrected chi connectivity index (χ0v) is 27.8. The number of pyridine rings is 1. The number of aliphatic hydroxyl groups excluding tert-OH is 1. The molecule has 2 saturated carbocycles. The molecule has 3 fully saturated rings. The molecule has 1 aromatic carbocycles. The van der Waals surface area contributed by atoms with E-state index in [1.807, 2.05) is 6.07 Å². The number of benzene rings is 1. The van der Waals surface area contributed by atoms with Gasteiger partial charge in [-0.15, -0.1) is 0 Å². The van der Waals surface area contributed by atoms with Gasteiger partial charge in [0.1, 0.15) is 35.1 Å². The maximum absolute atomic E-state index is 13.9. The van der Waals surface area contributed by atoms with E-state index in [2.05, 4.69) is 20.3 Å². The smallest absolute Gasteiger partial charge is 0.408 e. The average molecular weight is 676 g/mol. The van der Waals surface area contributed by atoms with Gasteiger partial charge in [-0.3, -0.25) is 19.1 Å². The molecule has 5 rings (SSSR count). The number of fused-ring (bicyclic) bond motifs is 1. The molecule has 1 aliphatic heterocycles. The lowest BCUT2D eigenvalue weighted by atomic mass is 10.1. The third kappa shape index (κ3) is 7.87. The Morgan fingerprint density at radius 3 is 2.43 bits per heavy atom. The van der Waals surface area contributed by atoms with Crippen LogP contribution in [0.2, 0.25) is 0 Å². The Bertz CT molecular complexity index is 1670. The molecule has 47 heavy (non-hydrogen) atoms. The van der Waals surface area contributed by atoms with E-state index >= 15 is 0 Å². The SMILES string of the molecule is COc1ccc2c(O[C@@H]3C[C@@H](C(=O)NC4(C(=O)NS(=O)(=O)C5CC5)CC4)N(C(=O)[C@@H](NC(=O)OC(C)(C)C)[C@@H](C)O)C3)nccc2c1. The molecule has 0 spiro atoms. The minimum Gasteiger partial charge on any atom is -0.497 e. The van der Waals surface area contributed by atoms with Crippen LogP contribution in [0.3, 0.4) is 0 Å². The average Bonchev–Trinajstić information content (AvgIpc) is 3.92. The van der Waals surface area contributed by atoms with Crippen molar-refractivity contribution in [1.82, 2.24) is 25.2 Å². The minimum absolute atomic E-state index is 0.0250. The third-order valence-corrected chi connectivity index (χ3v) is 10.0. The van der Waals surface area contributed by atoms with Crippen LogP contribution in [0, 0.1) is 0 Å². The highest BCUT2D eigenvalue weighted by Crippen LogP contribution is 2.38. The largest absolute Gasteiger partial charge is 0.497 e. The number of aliphatic hydroxyl groups is 1. The van der Waals surface area contributed by atoms with Crippen molar-refractivity contribution in [2.75, 3.05) is 13.7 Å². The molecule has 1 aromatic heterocycles. The number of aromatic nitrogens is 1. The lowest BCUT2D eigenvalue weighted by Crippen LogP contribution is -2.59. The summed E-state index contributed by atoms with van der Waals surface area (Å²) in [6, 6.07) is 4.43. The first-order valence-corrected chi connectivity index (χ1v) is 17.0. The molecule has 16 heteroatoms. The maximum atomic E-state index is 13.9. The predicted molar refractivity (Wildman–Crippen MR) is 168 cm³/mol. The van der Waals surface area contributed by atoms with Crippen LogP contribution >= 0.6 is 0 Å². The highest BCUT2D eigenvalue weighted by Gasteiger charge is 2.55. The number of carbonyl (C=O) groups excluding carboxylic acids is 4. The van der Waals surface area contributed by atoms with Gasteiger partial charge < -0.3 is 34.9 Å². The van der Waals surface area contributed by atoms with Gasteiger partial charge in [0, 0.05) is 18.0 Å². The summed E-state index contributed by atoms with van der Waals surface area (Å²) in [5, 5.41) is 16.4. The number of likely N-dealkylation sites (tertiary alicyclic amines) is 1. The molecule has 1 saturated heterocycles. The van der Waals surface area contributed by atoms with Crippen molar-refractivity contribution < 1.29 is 46.9 Å². The summed E-state index contributed by atoms with van der Waals surface area (Å²) >= 11 is 0. The Balaban J connectivity index is 1.39. The van der Waals surface area contributed by atoms with Crippen molar-refractivity contribution in [3.63, 3.8) is 0 Å². The number of ether oxygens (including phenoxy) is 3. The van der Waals surface area contributed by atoms with E-state index in [9.17, 15) is 32.7 Å². The van der Waals surface area contributed by atoms with Crippen LogP contribution in [-0.4, -0.2) is 102 Å². The predicted octanol–water partition coefficient (Wildman–Crippen LogP) is 1.12. The normalized spacial score (nSPS) is 21.7. The first kappa shape index (κ1) is 34.2. The number of nitrogens with one attached hydrogen (secondary N) is 3. The quantitative estimate of drug-likeness (QED) is 0.266. The van der Waals surface area contributed by atoms with Crippen LogP contribution in [0.5, 0.6) is 11.6 Å². The fraction of sp³-hybridized carbons (Fsp3) is 0.581. The number of methoxy groups -OCH3 is 1. The number of hydrogen-bond acceptors (Lipinski definition) is 11. The summed E-state index contributed by atoms with van der Waals surface area (Å²) in [6.07, 6.45) is -0.192. The van der Waals surface area contributed by atoms with Crippen LogP contribution in [0.25, 0.3) is 10.8 Å². The van der Waals surface area contributed by atoms with E-state index in [1.165, 1.54) is 11.8 Å². The first-order chi connectivity index (χ1) is 22.0. The molecule has 2 heterocycles. The summed E-state index contributed by atoms with van der Waals surface area (Å²) < 4.78 is 43.8. The Morgan fingerprint density at radius 1 is 1.13 bits per heavy atom. The Hall–Kier alpha value is -4.18. The molecule has 0 unspecified atom stereocenters. The standard InChI is InChI=1S/C31H41N5O10S/c1-17(37)24(33-29(41)46-30(2,3)4)27(39)36-16-20(45-26-22-9-6-19(44-5)14-18(22)10-13-32-26)15-23(36)25(38)34-31(11-12-31)28(40)35-47(42,43)21-7-8-21/h6,9-10,13-14,17,20-21,23-24,37H,7-8,11-12,15-16H2,1-5H3,(H,33,41)(H,34,38)(H,35,40)/t17-,20-,23+,24+/m1/s1. The Morgan fingerprint density at radius 2 is 1.83 bits per heavy atom. The molecule has 2 aromatic rings. The lowest BCUT2D eigenvalue weighted by molar-refractivity contribution is -0.142. The van der Waals surface area contributed by atoms with Crippen LogP contribution in [0.15, 0.2) is 30.5 Å². The van der Waals surface area contributed by atoms with Crippen molar-refractivity contribution >= 4 is 44.6 Å². The molecule has 3 aliphatic rings. The van der Waals surface area contributed by atoms with Gasteiger partial charge in [-0.25, -0.2) is 18.2 Å². The number of alkyl carbamates (subject to hydrolysis) is 1. The van der Waals surface area contributed by atoms with Crippen molar-refractivity contribution in [1.29, 1.82) is 0 Å². The van der Waals surface area contributed by atoms with E-state index in [4.69, 9.17) is 14.2 Å². The second-order valence-electron chi connectivity index (χ2n) is 13.3. The molecule has 4 atom stereocenters. The van der Waals surface area contributed by atoms with Gasteiger partial charge in [-0.05, 0) is 83.0 Å². The fourth-order valence-electron chi connectivity index (χ4n) is 5.43. The summed E-state index contributed by atoms with van der Waals surface area (Å²) in [6.45, 7) is 6.12. The molecular weight excluding hydrogens is 634 g/mol. The highest BCUT2D eigenvalue weighted by atomic mass is 32.2. The van der Waals surface area contributed by atoms with Crippen LogP contribution in [0.4, 0.5) is 4.79 Å². The topological polar surface area (TPSA) is 203 Å². The van der Waals surface area contributed by atoms with Crippen molar-refractivity contribution in [2.24, 2.45) is 0 Å². The van der Waals surface area contributed by atoms with E-state index < -0.39 is 74.5 Å². The lowest BCUT2D eigenvalue weighted by Gasteiger charge is -2.31. The Labute approximate surface area is 272 Å². The highest BCUT2D eigenvalue weighted by molar-refractivity contribution is 7.91. The van der Waals surface area contributed by atoms with Gasteiger partial charge in [0.25, 0.3) is 5.91 Å². The first-order valence-electron chi connectivity index (χ1n) is 15.5. The number of sulfonamides is 1. The fourth-order valence-corrected chi connectivity index (χ4v) is 6.80. The van der Waals surface area contributed by atoms with Gasteiger partial charge in [-0.1, -0.05) is 0 Å². The maximum Gasteiger partial charge on any atom is 0.408 e. The molecule has 4 N–H and O–H groups in total. The molecule has 0 radical (unpaired) electrons. The summed E-state index contributed by atoms with van der Waals surface area (Å²) in [5.41, 5.74) is -2.33. The van der Waals surface area contributed by atoms with Crippen molar-refractivity contribution in [3.05, 3.63) is 30.5 Å². The van der Waals surface area contributed by atoms with E-state index in [0.717, 1.165) is 5.39 Å². The molecule has 0 bridgehead atoms. The van der Waals surface area contributed by atoms with Gasteiger partial charge >= 0.3 is 6.09 Å². The van der Waals surface area contributed by atoms with E-state index in [1.54, 1.807) is 52.3 Å². The second-order valence-corrected chi connectivity index (χ2v) is 15.3. The van der Waals surface area contributed by atoms with Crippen LogP contribution in [0.1, 0.15) is 59.8 Å². The monoisotopic (exact) mass is 675 g/mol. The van der Waals surface area contributed by atoms with Crippen LogP contribution < -0.4 is 24.8 Å². The molecular formula is C31H41N5O10S. The zero-order chi connectivity index (χ0) is 34.3. The molecule has 4 amide bonds. The second kappa shape index (κ2) is 12.8. The summed E-state index contributed by atoms with van der Waals surface area (Å²) in [4.78, 5) is 58.9. The van der Waals surface area contributed by atoms with E-state index in [-0.39, 0.29) is 31.7 Å². The number of rotatable bonds is 11. The van der Waals surface area contributed by atoms with Gasteiger partial charge in [0.2, 0.25) is 27.7 Å². The zero-order valence-electron chi connectivity index (χ0n) is 26.9. The van der Waals surface area contributed by atoms with Gasteiger partial charge in [0.05, 0.1) is 25.0 Å². The van der Waals surface area contributed by atoms with Crippen molar-refractivity contribution in [2.45, 2.75) is 100 Å². The van der Waals surface area contributed by atoms with E-state index in [0.29, 0.717) is 24.0 Å². The molecule has 2 aliphatic carbocycles. The van der Waals surface area contributed by atoms with Crippen molar-refractivity contribution in [3.8, 4) is 11.6 Å². The third-order valence-electron chi connectivity index (χ3n) is 8.23. The number of carbonyl (C=O) groups is 4. The number of nitrogens with zero attached hydrogens (tertiary/aromatic N) is 2. The molecule has 15 nitrogen and oxygen atoms in total. The van der Waals surface area contributed by atoms with Gasteiger partial charge in [-0.2, -0.15) is 0 Å². The molecule has 256 valence electrons.